The Hall–Kier alpha value is -2.51. The van der Waals surface area contributed by atoms with E-state index >= 15 is 0 Å². The van der Waals surface area contributed by atoms with Crippen LogP contribution in [0, 0.1) is 23.5 Å². The summed E-state index contributed by atoms with van der Waals surface area (Å²) in [6.45, 7) is 3.45. The number of amides is 2. The first kappa shape index (κ1) is 19.3. The van der Waals surface area contributed by atoms with E-state index in [0.29, 0.717) is 26.1 Å². The van der Waals surface area contributed by atoms with E-state index in [1.807, 2.05) is 0 Å². The van der Waals surface area contributed by atoms with Gasteiger partial charge in [0.15, 0.2) is 11.6 Å². The number of hydrogen-bond acceptors (Lipinski definition) is 4. The molecular weight excluding hydrogens is 358 g/mol. The van der Waals surface area contributed by atoms with Crippen LogP contribution in [0.5, 0.6) is 0 Å². The Labute approximate surface area is 156 Å². The van der Waals surface area contributed by atoms with Gasteiger partial charge in [-0.05, 0) is 38.0 Å². The van der Waals surface area contributed by atoms with Gasteiger partial charge in [0.1, 0.15) is 0 Å². The van der Waals surface area contributed by atoms with Crippen LogP contribution in [0.3, 0.4) is 0 Å². The summed E-state index contributed by atoms with van der Waals surface area (Å²) in [6, 6.07) is 3.00. The molecule has 6 nitrogen and oxygen atoms in total. The Bertz CT molecular complexity index is 749. The number of hydrogen-bond donors (Lipinski definition) is 0. The Morgan fingerprint density at radius 1 is 1.07 bits per heavy atom. The van der Waals surface area contributed by atoms with Gasteiger partial charge in [-0.25, -0.2) is 8.78 Å². The second-order valence-corrected chi connectivity index (χ2v) is 6.91. The van der Waals surface area contributed by atoms with Crippen molar-refractivity contribution in [2.75, 3.05) is 32.8 Å². The predicted molar refractivity (Wildman–Crippen MR) is 91.7 cm³/mol. The van der Waals surface area contributed by atoms with Gasteiger partial charge in [0, 0.05) is 31.7 Å². The molecule has 2 aliphatic rings. The Balaban J connectivity index is 1.54. The number of esters is 1. The molecule has 0 aromatic heterocycles. The van der Waals surface area contributed by atoms with Gasteiger partial charge < -0.3 is 14.5 Å². The van der Waals surface area contributed by atoms with E-state index in [4.69, 9.17) is 4.74 Å². The molecule has 1 unspecified atom stereocenters. The SMILES string of the molecule is CCOC(=O)C1CCCN(C(=O)C2CN(C(=O)c3ccc(F)c(F)c3)C2)C1. The second kappa shape index (κ2) is 8.02. The monoisotopic (exact) mass is 380 g/mol. The van der Waals surface area contributed by atoms with E-state index in [1.54, 1.807) is 11.8 Å². The summed E-state index contributed by atoms with van der Waals surface area (Å²) in [4.78, 5) is 39.9. The van der Waals surface area contributed by atoms with Crippen molar-refractivity contribution in [2.45, 2.75) is 19.8 Å². The van der Waals surface area contributed by atoms with Crippen molar-refractivity contribution in [1.82, 2.24) is 9.80 Å². The van der Waals surface area contributed by atoms with E-state index in [1.165, 1.54) is 11.0 Å². The van der Waals surface area contributed by atoms with Gasteiger partial charge in [0.05, 0.1) is 18.4 Å². The van der Waals surface area contributed by atoms with E-state index in [-0.39, 0.29) is 42.4 Å². The van der Waals surface area contributed by atoms with Crippen molar-refractivity contribution in [1.29, 1.82) is 0 Å². The highest BCUT2D eigenvalue weighted by molar-refractivity contribution is 5.96. The fraction of sp³-hybridized carbons (Fsp3) is 0.526. The maximum atomic E-state index is 13.3. The number of carbonyl (C=O) groups is 3. The molecular formula is C19H22F2N2O4. The van der Waals surface area contributed by atoms with Gasteiger partial charge >= 0.3 is 5.97 Å². The number of piperidine rings is 1. The lowest BCUT2D eigenvalue weighted by Gasteiger charge is -2.42. The third-order valence-corrected chi connectivity index (χ3v) is 5.04. The van der Waals surface area contributed by atoms with Crippen molar-refractivity contribution in [3.63, 3.8) is 0 Å². The zero-order valence-electron chi connectivity index (χ0n) is 15.1. The minimum atomic E-state index is -1.08. The number of carbonyl (C=O) groups excluding carboxylic acids is 3. The molecule has 8 heteroatoms. The Kier molecular flexibility index (Phi) is 5.72. The first-order valence-corrected chi connectivity index (χ1v) is 9.10. The van der Waals surface area contributed by atoms with E-state index in [9.17, 15) is 23.2 Å². The summed E-state index contributed by atoms with van der Waals surface area (Å²) in [7, 11) is 0. The van der Waals surface area contributed by atoms with Crippen LogP contribution in [0.1, 0.15) is 30.1 Å². The van der Waals surface area contributed by atoms with Gasteiger partial charge in [-0.1, -0.05) is 0 Å². The highest BCUT2D eigenvalue weighted by Crippen LogP contribution is 2.25. The Morgan fingerprint density at radius 2 is 1.78 bits per heavy atom. The van der Waals surface area contributed by atoms with E-state index in [2.05, 4.69) is 0 Å². The van der Waals surface area contributed by atoms with Crippen molar-refractivity contribution >= 4 is 17.8 Å². The van der Waals surface area contributed by atoms with Crippen LogP contribution in [0.2, 0.25) is 0 Å². The molecule has 2 heterocycles. The van der Waals surface area contributed by atoms with Gasteiger partial charge in [0.25, 0.3) is 5.91 Å². The standard InChI is InChI=1S/C19H22F2N2O4/c1-2-27-19(26)13-4-3-7-22(9-13)18(25)14-10-23(11-14)17(24)12-5-6-15(20)16(21)8-12/h5-6,8,13-14H,2-4,7,9-11H2,1H3. The summed E-state index contributed by atoms with van der Waals surface area (Å²) in [5, 5.41) is 0. The van der Waals surface area contributed by atoms with Gasteiger partial charge in [-0.15, -0.1) is 0 Å². The molecule has 0 N–H and O–H groups in total. The molecule has 0 radical (unpaired) electrons. The fourth-order valence-electron chi connectivity index (χ4n) is 3.50. The summed E-state index contributed by atoms with van der Waals surface area (Å²) in [6.07, 6.45) is 1.44. The first-order valence-electron chi connectivity index (χ1n) is 9.10. The molecule has 1 atom stereocenters. The van der Waals surface area contributed by atoms with Gasteiger partial charge in [0.2, 0.25) is 5.91 Å². The molecule has 1 aromatic rings. The average Bonchev–Trinajstić information content (AvgIpc) is 2.62. The molecule has 2 aliphatic heterocycles. The first-order chi connectivity index (χ1) is 12.9. The second-order valence-electron chi connectivity index (χ2n) is 6.91. The molecule has 0 saturated carbocycles. The number of benzene rings is 1. The lowest BCUT2D eigenvalue weighted by molar-refractivity contribution is -0.152. The highest BCUT2D eigenvalue weighted by atomic mass is 19.2. The molecule has 0 spiro atoms. The molecule has 146 valence electrons. The zero-order chi connectivity index (χ0) is 19.6. The third kappa shape index (κ3) is 4.09. The summed E-state index contributed by atoms with van der Waals surface area (Å²) >= 11 is 0. The number of likely N-dealkylation sites (tertiary alicyclic amines) is 2. The van der Waals surface area contributed by atoms with Gasteiger partial charge in [-0.3, -0.25) is 14.4 Å². The van der Waals surface area contributed by atoms with Crippen LogP contribution < -0.4 is 0 Å². The molecule has 2 amide bonds. The fourth-order valence-corrected chi connectivity index (χ4v) is 3.50. The van der Waals surface area contributed by atoms with Crippen LogP contribution in [-0.4, -0.2) is 60.4 Å². The number of rotatable bonds is 4. The molecule has 2 saturated heterocycles. The number of nitrogens with zero attached hydrogens (tertiary/aromatic N) is 2. The molecule has 3 rings (SSSR count). The maximum Gasteiger partial charge on any atom is 0.310 e. The van der Waals surface area contributed by atoms with E-state index < -0.39 is 17.5 Å². The largest absolute Gasteiger partial charge is 0.466 e. The molecule has 27 heavy (non-hydrogen) atoms. The predicted octanol–water partition coefficient (Wildman–Crippen LogP) is 1.84. The summed E-state index contributed by atoms with van der Waals surface area (Å²) in [5.74, 6) is -3.52. The quantitative estimate of drug-likeness (QED) is 0.748. The maximum absolute atomic E-state index is 13.3. The van der Waals surface area contributed by atoms with Crippen LogP contribution in [-0.2, 0) is 14.3 Å². The molecule has 0 bridgehead atoms. The number of halogens is 2. The van der Waals surface area contributed by atoms with Crippen molar-refractivity contribution in [3.8, 4) is 0 Å². The van der Waals surface area contributed by atoms with Crippen molar-refractivity contribution in [3.05, 3.63) is 35.4 Å². The lowest BCUT2D eigenvalue weighted by atomic mass is 9.93. The topological polar surface area (TPSA) is 66.9 Å². The lowest BCUT2D eigenvalue weighted by Crippen LogP contribution is -2.57. The molecule has 1 aromatic carbocycles. The Morgan fingerprint density at radius 3 is 2.44 bits per heavy atom. The third-order valence-electron chi connectivity index (χ3n) is 5.04. The molecule has 0 aliphatic carbocycles. The van der Waals surface area contributed by atoms with E-state index in [0.717, 1.165) is 18.6 Å². The number of ether oxygens (including phenoxy) is 1. The van der Waals surface area contributed by atoms with Crippen LogP contribution in [0.25, 0.3) is 0 Å². The van der Waals surface area contributed by atoms with Crippen LogP contribution in [0.15, 0.2) is 18.2 Å². The van der Waals surface area contributed by atoms with Gasteiger partial charge in [-0.2, -0.15) is 0 Å². The average molecular weight is 380 g/mol. The van der Waals surface area contributed by atoms with Crippen molar-refractivity contribution in [2.24, 2.45) is 11.8 Å². The van der Waals surface area contributed by atoms with Crippen LogP contribution in [0.4, 0.5) is 8.78 Å². The molecule has 2 fully saturated rings. The summed E-state index contributed by atoms with van der Waals surface area (Å²) < 4.78 is 31.3. The normalized spacial score (nSPS) is 20.2. The minimum Gasteiger partial charge on any atom is -0.466 e. The zero-order valence-corrected chi connectivity index (χ0v) is 15.1. The minimum absolute atomic E-state index is 0.0557. The highest BCUT2D eigenvalue weighted by Gasteiger charge is 2.40. The smallest absolute Gasteiger partial charge is 0.310 e. The summed E-state index contributed by atoms with van der Waals surface area (Å²) in [5.41, 5.74) is 0.0557. The van der Waals surface area contributed by atoms with Crippen LogP contribution >= 0.6 is 0 Å². The van der Waals surface area contributed by atoms with Crippen molar-refractivity contribution < 1.29 is 27.9 Å².